The number of hydrogen-bond donors (Lipinski definition) is 0. The van der Waals surface area contributed by atoms with Crippen LogP contribution in [0.3, 0.4) is 0 Å². The maximum absolute atomic E-state index is 13.1. The second-order valence-corrected chi connectivity index (χ2v) is 8.94. The number of piperazine rings is 1. The Hall–Kier alpha value is -2.15. The molecule has 0 amide bonds. The van der Waals surface area contributed by atoms with Crippen molar-refractivity contribution < 1.29 is 13.2 Å². The van der Waals surface area contributed by atoms with Crippen LogP contribution < -0.4 is 4.74 Å². The number of hydrogen-bond acceptors (Lipinski definition) is 4. The Kier molecular flexibility index (Phi) is 6.54. The zero-order valence-electron chi connectivity index (χ0n) is 16.8. The minimum Gasteiger partial charge on any atom is -0.496 e. The predicted octanol–water partition coefficient (Wildman–Crippen LogP) is 3.33. The molecule has 1 heterocycles. The molecule has 0 saturated carbocycles. The van der Waals surface area contributed by atoms with E-state index in [1.807, 2.05) is 32.0 Å². The summed E-state index contributed by atoms with van der Waals surface area (Å²) in [5.74, 6) is 0.714. The van der Waals surface area contributed by atoms with Crippen molar-refractivity contribution >= 4 is 16.1 Å². The van der Waals surface area contributed by atoms with Crippen LogP contribution in [-0.2, 0) is 10.0 Å². The van der Waals surface area contributed by atoms with Crippen molar-refractivity contribution in [1.29, 1.82) is 0 Å². The van der Waals surface area contributed by atoms with E-state index in [1.54, 1.807) is 23.5 Å². The SMILES string of the molecule is COc1ccc(S(=O)(=O)N2CCN(C/C=C/c3ccccc3)CC2)c(C)c1C. The van der Waals surface area contributed by atoms with Crippen LogP contribution in [0.5, 0.6) is 5.75 Å². The Labute approximate surface area is 168 Å². The summed E-state index contributed by atoms with van der Waals surface area (Å²) in [4.78, 5) is 2.65. The summed E-state index contributed by atoms with van der Waals surface area (Å²) in [6, 6.07) is 13.6. The molecule has 0 aromatic heterocycles. The molecule has 5 nitrogen and oxygen atoms in total. The van der Waals surface area contributed by atoms with Crippen LogP contribution in [0, 0.1) is 13.8 Å². The van der Waals surface area contributed by atoms with Crippen molar-refractivity contribution in [3.63, 3.8) is 0 Å². The van der Waals surface area contributed by atoms with Crippen LogP contribution in [0.4, 0.5) is 0 Å². The first kappa shape index (κ1) is 20.6. The number of methoxy groups -OCH3 is 1. The lowest BCUT2D eigenvalue weighted by Crippen LogP contribution is -2.48. The number of ether oxygens (including phenoxy) is 1. The maximum Gasteiger partial charge on any atom is 0.243 e. The molecule has 2 aromatic rings. The molecule has 0 aliphatic carbocycles. The highest BCUT2D eigenvalue weighted by Crippen LogP contribution is 2.29. The third kappa shape index (κ3) is 4.46. The summed E-state index contributed by atoms with van der Waals surface area (Å²) in [6.45, 7) is 7.03. The molecule has 1 aliphatic heterocycles. The first-order valence-electron chi connectivity index (χ1n) is 9.52. The fraction of sp³-hybridized carbons (Fsp3) is 0.364. The highest BCUT2D eigenvalue weighted by Gasteiger charge is 2.30. The van der Waals surface area contributed by atoms with Crippen LogP contribution in [0.15, 0.2) is 53.4 Å². The quantitative estimate of drug-likeness (QED) is 0.746. The van der Waals surface area contributed by atoms with Gasteiger partial charge in [0.2, 0.25) is 10.0 Å². The van der Waals surface area contributed by atoms with Gasteiger partial charge in [0.15, 0.2) is 0 Å². The van der Waals surface area contributed by atoms with Crippen molar-refractivity contribution in [3.05, 3.63) is 65.2 Å². The monoisotopic (exact) mass is 400 g/mol. The summed E-state index contributed by atoms with van der Waals surface area (Å²) in [6.07, 6.45) is 4.24. The molecule has 0 bridgehead atoms. The van der Waals surface area contributed by atoms with Crippen molar-refractivity contribution in [2.24, 2.45) is 0 Å². The van der Waals surface area contributed by atoms with Gasteiger partial charge in [-0.05, 0) is 42.7 Å². The Morgan fingerprint density at radius 3 is 2.29 bits per heavy atom. The van der Waals surface area contributed by atoms with Gasteiger partial charge < -0.3 is 4.74 Å². The number of benzene rings is 2. The molecule has 0 N–H and O–H groups in total. The molecule has 1 aliphatic rings. The lowest BCUT2D eigenvalue weighted by atomic mass is 10.1. The zero-order chi connectivity index (χ0) is 20.1. The second-order valence-electron chi connectivity index (χ2n) is 7.03. The van der Waals surface area contributed by atoms with Crippen molar-refractivity contribution in [2.75, 3.05) is 39.8 Å². The van der Waals surface area contributed by atoms with Crippen molar-refractivity contribution in [2.45, 2.75) is 18.7 Å². The van der Waals surface area contributed by atoms with Gasteiger partial charge in [0, 0.05) is 32.7 Å². The largest absolute Gasteiger partial charge is 0.496 e. The van der Waals surface area contributed by atoms with Gasteiger partial charge >= 0.3 is 0 Å². The van der Waals surface area contributed by atoms with E-state index >= 15 is 0 Å². The molecule has 2 aromatic carbocycles. The maximum atomic E-state index is 13.1. The first-order valence-corrected chi connectivity index (χ1v) is 11.0. The molecule has 3 rings (SSSR count). The minimum atomic E-state index is -3.49. The van der Waals surface area contributed by atoms with Gasteiger partial charge in [-0.3, -0.25) is 4.90 Å². The van der Waals surface area contributed by atoms with E-state index in [0.717, 1.165) is 30.8 Å². The van der Waals surface area contributed by atoms with E-state index < -0.39 is 10.0 Å². The highest BCUT2D eigenvalue weighted by atomic mass is 32.2. The van der Waals surface area contributed by atoms with Gasteiger partial charge in [-0.1, -0.05) is 42.5 Å². The smallest absolute Gasteiger partial charge is 0.243 e. The van der Waals surface area contributed by atoms with Crippen LogP contribution in [0.1, 0.15) is 16.7 Å². The molecule has 1 saturated heterocycles. The normalized spacial score (nSPS) is 16.5. The molecular formula is C22H28N2O3S. The Bertz CT molecular complexity index is 932. The van der Waals surface area contributed by atoms with Gasteiger partial charge in [-0.25, -0.2) is 8.42 Å². The number of nitrogens with zero attached hydrogens (tertiary/aromatic N) is 2. The molecule has 28 heavy (non-hydrogen) atoms. The van der Waals surface area contributed by atoms with Gasteiger partial charge in [0.25, 0.3) is 0 Å². The Morgan fingerprint density at radius 1 is 0.964 bits per heavy atom. The third-order valence-electron chi connectivity index (χ3n) is 5.33. The van der Waals surface area contributed by atoms with Crippen molar-refractivity contribution in [3.8, 4) is 5.75 Å². The van der Waals surface area contributed by atoms with Gasteiger partial charge in [0.05, 0.1) is 12.0 Å². The van der Waals surface area contributed by atoms with E-state index in [-0.39, 0.29) is 0 Å². The van der Waals surface area contributed by atoms with E-state index in [0.29, 0.717) is 23.7 Å². The van der Waals surface area contributed by atoms with E-state index in [2.05, 4.69) is 29.2 Å². The number of rotatable bonds is 6. The molecule has 1 fully saturated rings. The molecule has 150 valence electrons. The molecule has 0 unspecified atom stereocenters. The van der Waals surface area contributed by atoms with Crippen LogP contribution in [0.2, 0.25) is 0 Å². The molecule has 6 heteroatoms. The fourth-order valence-electron chi connectivity index (χ4n) is 3.47. The molecule has 0 radical (unpaired) electrons. The highest BCUT2D eigenvalue weighted by molar-refractivity contribution is 7.89. The fourth-order valence-corrected chi connectivity index (χ4v) is 5.17. The van der Waals surface area contributed by atoms with Gasteiger partial charge in [-0.2, -0.15) is 4.31 Å². The topological polar surface area (TPSA) is 49.9 Å². The molecule has 0 spiro atoms. The summed E-state index contributed by atoms with van der Waals surface area (Å²) in [5.41, 5.74) is 2.80. The van der Waals surface area contributed by atoms with Crippen molar-refractivity contribution in [1.82, 2.24) is 9.21 Å². The van der Waals surface area contributed by atoms with E-state index in [4.69, 9.17) is 4.74 Å². The summed E-state index contributed by atoms with van der Waals surface area (Å²) in [5, 5.41) is 0. The zero-order valence-corrected chi connectivity index (χ0v) is 17.6. The van der Waals surface area contributed by atoms with Gasteiger partial charge in [-0.15, -0.1) is 0 Å². The first-order chi connectivity index (χ1) is 13.4. The van der Waals surface area contributed by atoms with E-state index in [9.17, 15) is 8.42 Å². The molecular weight excluding hydrogens is 372 g/mol. The average molecular weight is 401 g/mol. The summed E-state index contributed by atoms with van der Waals surface area (Å²) >= 11 is 0. The average Bonchev–Trinajstić information content (AvgIpc) is 2.71. The lowest BCUT2D eigenvalue weighted by Gasteiger charge is -2.33. The number of sulfonamides is 1. The standard InChI is InChI=1S/C22H28N2O3S/c1-18-19(2)22(12-11-21(18)27-3)28(25,26)24-16-14-23(15-17-24)13-7-10-20-8-5-4-6-9-20/h4-12H,13-17H2,1-3H3/b10-7+. The summed E-state index contributed by atoms with van der Waals surface area (Å²) in [7, 11) is -1.90. The third-order valence-corrected chi connectivity index (χ3v) is 7.37. The second kappa shape index (κ2) is 8.90. The predicted molar refractivity (Wildman–Crippen MR) is 113 cm³/mol. The van der Waals surface area contributed by atoms with Crippen LogP contribution in [-0.4, -0.2) is 57.5 Å². The lowest BCUT2D eigenvalue weighted by molar-refractivity contribution is 0.204. The summed E-state index contributed by atoms with van der Waals surface area (Å²) < 4.78 is 33.1. The van der Waals surface area contributed by atoms with E-state index in [1.165, 1.54) is 5.56 Å². The Balaban J connectivity index is 1.62. The Morgan fingerprint density at radius 2 is 1.64 bits per heavy atom. The van der Waals surface area contributed by atoms with Crippen LogP contribution in [0.25, 0.3) is 6.08 Å². The molecule has 0 atom stereocenters. The van der Waals surface area contributed by atoms with Gasteiger partial charge in [0.1, 0.15) is 5.75 Å². The van der Waals surface area contributed by atoms with Crippen LogP contribution >= 0.6 is 0 Å². The minimum absolute atomic E-state index is 0.378.